The van der Waals surface area contributed by atoms with Crippen molar-refractivity contribution in [2.45, 2.75) is 12.5 Å². The van der Waals surface area contributed by atoms with Crippen molar-refractivity contribution >= 4 is 17.4 Å². The smallest absolute Gasteiger partial charge is 0.224 e. The van der Waals surface area contributed by atoms with Gasteiger partial charge in [-0.2, -0.15) is 0 Å². The van der Waals surface area contributed by atoms with Crippen LogP contribution in [0.5, 0.6) is 5.75 Å². The lowest BCUT2D eigenvalue weighted by Gasteiger charge is -2.26. The molecule has 4 nitrogen and oxygen atoms in total. The highest BCUT2D eigenvalue weighted by atomic mass is 35.5. The first-order chi connectivity index (χ1) is 8.83. The molecule has 18 heavy (non-hydrogen) atoms. The number of nitrogens with one attached hydrogen (secondary N) is 1. The zero-order chi connectivity index (χ0) is 12.4. The Hall–Kier alpha value is -1.81. The highest BCUT2D eigenvalue weighted by molar-refractivity contribution is 6.28. The van der Waals surface area contributed by atoms with Gasteiger partial charge in [0, 0.05) is 18.2 Å². The third kappa shape index (κ3) is 2.24. The molecule has 2 heterocycles. The van der Waals surface area contributed by atoms with Crippen LogP contribution >= 0.6 is 11.6 Å². The van der Waals surface area contributed by atoms with Gasteiger partial charge < -0.3 is 10.1 Å². The van der Waals surface area contributed by atoms with Crippen LogP contribution in [0.15, 0.2) is 36.5 Å². The number of hydrogen-bond donors (Lipinski definition) is 1. The Labute approximate surface area is 110 Å². The number of rotatable bonds is 2. The Morgan fingerprint density at radius 1 is 1.28 bits per heavy atom. The highest BCUT2D eigenvalue weighted by Crippen LogP contribution is 2.33. The molecule has 1 unspecified atom stereocenters. The fraction of sp³-hybridized carbons (Fsp3) is 0.231. The molecule has 0 saturated heterocycles. The van der Waals surface area contributed by atoms with Crippen molar-refractivity contribution in [2.24, 2.45) is 0 Å². The van der Waals surface area contributed by atoms with Crippen LogP contribution < -0.4 is 10.1 Å². The molecule has 5 heteroatoms. The third-order valence-electron chi connectivity index (χ3n) is 2.91. The number of anilines is 1. The van der Waals surface area contributed by atoms with E-state index in [2.05, 4.69) is 21.4 Å². The van der Waals surface area contributed by atoms with E-state index in [1.165, 1.54) is 0 Å². The Kier molecular flexibility index (Phi) is 3.02. The molecular formula is C13H12ClN3O. The van der Waals surface area contributed by atoms with Crippen molar-refractivity contribution in [3.8, 4) is 5.75 Å². The summed E-state index contributed by atoms with van der Waals surface area (Å²) in [6.45, 7) is 0.702. The Morgan fingerprint density at radius 2 is 2.17 bits per heavy atom. The van der Waals surface area contributed by atoms with Crippen LogP contribution in [0.2, 0.25) is 5.28 Å². The van der Waals surface area contributed by atoms with Crippen molar-refractivity contribution in [1.82, 2.24) is 9.97 Å². The van der Waals surface area contributed by atoms with Gasteiger partial charge in [0.25, 0.3) is 0 Å². The lowest BCUT2D eigenvalue weighted by Crippen LogP contribution is -2.20. The molecule has 1 aliphatic heterocycles. The molecule has 92 valence electrons. The lowest BCUT2D eigenvalue weighted by atomic mass is 10.0. The quantitative estimate of drug-likeness (QED) is 0.844. The average molecular weight is 262 g/mol. The molecule has 0 spiro atoms. The number of hydrogen-bond acceptors (Lipinski definition) is 4. The summed E-state index contributed by atoms with van der Waals surface area (Å²) in [5.41, 5.74) is 1.15. The van der Waals surface area contributed by atoms with E-state index in [0.29, 0.717) is 6.61 Å². The van der Waals surface area contributed by atoms with Gasteiger partial charge in [-0.3, -0.25) is 0 Å². The van der Waals surface area contributed by atoms with Gasteiger partial charge in [-0.1, -0.05) is 18.2 Å². The van der Waals surface area contributed by atoms with E-state index >= 15 is 0 Å². The molecule has 0 saturated carbocycles. The first-order valence-electron chi connectivity index (χ1n) is 5.80. The van der Waals surface area contributed by atoms with Gasteiger partial charge in [-0.25, -0.2) is 9.97 Å². The molecule has 0 bridgehead atoms. The maximum Gasteiger partial charge on any atom is 0.224 e. The number of nitrogens with zero attached hydrogens (tertiary/aromatic N) is 2. The minimum atomic E-state index is 0.195. The first kappa shape index (κ1) is 11.3. The summed E-state index contributed by atoms with van der Waals surface area (Å²) in [4.78, 5) is 8.01. The van der Waals surface area contributed by atoms with E-state index in [9.17, 15) is 0 Å². The Morgan fingerprint density at radius 3 is 3.06 bits per heavy atom. The summed E-state index contributed by atoms with van der Waals surface area (Å²) in [5, 5.41) is 3.61. The van der Waals surface area contributed by atoms with Gasteiger partial charge in [0.2, 0.25) is 5.28 Å². The van der Waals surface area contributed by atoms with E-state index in [1.54, 1.807) is 6.20 Å². The van der Waals surface area contributed by atoms with Crippen molar-refractivity contribution in [1.29, 1.82) is 0 Å². The van der Waals surface area contributed by atoms with Gasteiger partial charge in [-0.05, 0) is 23.7 Å². The third-order valence-corrected chi connectivity index (χ3v) is 3.09. The molecule has 0 radical (unpaired) electrons. The minimum absolute atomic E-state index is 0.195. The Bertz CT molecular complexity index is 561. The summed E-state index contributed by atoms with van der Waals surface area (Å²) < 4.78 is 5.62. The summed E-state index contributed by atoms with van der Waals surface area (Å²) in [7, 11) is 0. The second-order valence-electron chi connectivity index (χ2n) is 4.08. The zero-order valence-corrected chi connectivity index (χ0v) is 10.4. The highest BCUT2D eigenvalue weighted by Gasteiger charge is 2.21. The van der Waals surface area contributed by atoms with Gasteiger partial charge in [-0.15, -0.1) is 0 Å². The topological polar surface area (TPSA) is 47.0 Å². The summed E-state index contributed by atoms with van der Waals surface area (Å²) in [5.74, 6) is 1.66. The molecule has 2 aromatic rings. The number of fused-ring (bicyclic) bond motifs is 1. The van der Waals surface area contributed by atoms with E-state index in [0.717, 1.165) is 23.6 Å². The van der Waals surface area contributed by atoms with E-state index in [-0.39, 0.29) is 11.3 Å². The molecule has 1 aromatic carbocycles. The molecule has 1 aromatic heterocycles. The van der Waals surface area contributed by atoms with Crippen molar-refractivity contribution in [3.05, 3.63) is 47.4 Å². The summed E-state index contributed by atoms with van der Waals surface area (Å²) in [6.07, 6.45) is 2.54. The van der Waals surface area contributed by atoms with Crippen LogP contribution in [-0.2, 0) is 0 Å². The lowest BCUT2D eigenvalue weighted by molar-refractivity contribution is 0.274. The SMILES string of the molecule is Clc1nccc(NC2CCOc3ccccc32)n1. The van der Waals surface area contributed by atoms with Crippen molar-refractivity contribution < 1.29 is 4.74 Å². The first-order valence-corrected chi connectivity index (χ1v) is 6.17. The largest absolute Gasteiger partial charge is 0.493 e. The van der Waals surface area contributed by atoms with Crippen LogP contribution in [0.1, 0.15) is 18.0 Å². The summed E-state index contributed by atoms with van der Waals surface area (Å²) in [6, 6.07) is 10.0. The fourth-order valence-electron chi connectivity index (χ4n) is 2.09. The molecule has 0 aliphatic carbocycles. The molecule has 0 fully saturated rings. The van der Waals surface area contributed by atoms with E-state index < -0.39 is 0 Å². The number of ether oxygens (including phenoxy) is 1. The maximum absolute atomic E-state index is 5.78. The van der Waals surface area contributed by atoms with E-state index in [4.69, 9.17) is 16.3 Å². The number of halogens is 1. The molecule has 1 aliphatic rings. The van der Waals surface area contributed by atoms with Crippen LogP contribution in [0.4, 0.5) is 5.82 Å². The number of para-hydroxylation sites is 1. The predicted octanol–water partition coefficient (Wildman–Crippen LogP) is 3.07. The zero-order valence-electron chi connectivity index (χ0n) is 9.64. The molecular weight excluding hydrogens is 250 g/mol. The van der Waals surface area contributed by atoms with Crippen LogP contribution in [-0.4, -0.2) is 16.6 Å². The Balaban J connectivity index is 1.86. The number of aromatic nitrogens is 2. The fourth-order valence-corrected chi connectivity index (χ4v) is 2.23. The molecule has 1 atom stereocenters. The van der Waals surface area contributed by atoms with Gasteiger partial charge in [0.05, 0.1) is 12.6 Å². The predicted molar refractivity (Wildman–Crippen MR) is 70.0 cm³/mol. The summed E-state index contributed by atoms with van der Waals surface area (Å²) >= 11 is 5.78. The minimum Gasteiger partial charge on any atom is -0.493 e. The van der Waals surface area contributed by atoms with Gasteiger partial charge >= 0.3 is 0 Å². The van der Waals surface area contributed by atoms with Gasteiger partial charge in [0.1, 0.15) is 11.6 Å². The second kappa shape index (κ2) is 4.82. The normalized spacial score (nSPS) is 17.7. The van der Waals surface area contributed by atoms with Crippen LogP contribution in [0.3, 0.4) is 0 Å². The molecule has 3 rings (SSSR count). The monoisotopic (exact) mass is 261 g/mol. The van der Waals surface area contributed by atoms with Crippen molar-refractivity contribution in [2.75, 3.05) is 11.9 Å². The standard InChI is InChI=1S/C13H12ClN3O/c14-13-15-7-5-12(17-13)16-10-6-8-18-11-4-2-1-3-9(10)11/h1-5,7,10H,6,8H2,(H,15,16,17). The second-order valence-corrected chi connectivity index (χ2v) is 4.42. The maximum atomic E-state index is 5.78. The molecule has 1 N–H and O–H groups in total. The van der Waals surface area contributed by atoms with Crippen LogP contribution in [0.25, 0.3) is 0 Å². The van der Waals surface area contributed by atoms with Gasteiger partial charge in [0.15, 0.2) is 0 Å². The van der Waals surface area contributed by atoms with E-state index in [1.807, 2.05) is 24.3 Å². The number of benzene rings is 1. The average Bonchev–Trinajstić information content (AvgIpc) is 2.39. The molecule has 0 amide bonds. The van der Waals surface area contributed by atoms with Crippen LogP contribution in [0, 0.1) is 0 Å². The van der Waals surface area contributed by atoms with Crippen molar-refractivity contribution in [3.63, 3.8) is 0 Å².